The van der Waals surface area contributed by atoms with Gasteiger partial charge in [0.15, 0.2) is 0 Å². The van der Waals surface area contributed by atoms with E-state index in [9.17, 15) is 24.0 Å². The van der Waals surface area contributed by atoms with Crippen molar-refractivity contribution in [3.05, 3.63) is 69.2 Å². The van der Waals surface area contributed by atoms with Crippen molar-refractivity contribution < 1.29 is 28.7 Å². The Balaban J connectivity index is 1.22. The molecule has 0 N–H and O–H groups in total. The predicted octanol–water partition coefficient (Wildman–Crippen LogP) is 2.66. The van der Waals surface area contributed by atoms with Gasteiger partial charge in [-0.1, -0.05) is 28.1 Å². The second-order valence-electron chi connectivity index (χ2n) is 7.08. The number of hydrogen-bond donors (Lipinski definition) is 0. The van der Waals surface area contributed by atoms with Crippen molar-refractivity contribution >= 4 is 45.5 Å². The number of carbonyl (C=O) groups excluding carboxylic acids is 5. The number of hydrogen-bond acceptors (Lipinski definition) is 6. The molecule has 158 valence electrons. The van der Waals surface area contributed by atoms with Crippen molar-refractivity contribution in [2.75, 3.05) is 19.7 Å². The second kappa shape index (κ2) is 8.43. The Morgan fingerprint density at radius 3 is 1.97 bits per heavy atom. The highest BCUT2D eigenvalue weighted by Gasteiger charge is 2.36. The molecular formula is C22H17BrN2O6. The lowest BCUT2D eigenvalue weighted by Crippen LogP contribution is -2.33. The average Bonchev–Trinajstić information content (AvgIpc) is 3.14. The molecular weight excluding hydrogens is 468 g/mol. The maximum atomic E-state index is 12.4. The maximum absolute atomic E-state index is 12.4. The van der Waals surface area contributed by atoms with E-state index in [1.807, 2.05) is 0 Å². The van der Waals surface area contributed by atoms with E-state index in [4.69, 9.17) is 4.74 Å². The molecule has 2 aliphatic rings. The van der Waals surface area contributed by atoms with E-state index in [0.717, 1.165) is 9.80 Å². The lowest BCUT2D eigenvalue weighted by Gasteiger charge is -2.15. The zero-order valence-electron chi connectivity index (χ0n) is 16.3. The molecule has 0 radical (unpaired) electrons. The fraction of sp³-hybridized carbons (Fsp3) is 0.227. The molecule has 31 heavy (non-hydrogen) atoms. The van der Waals surface area contributed by atoms with Gasteiger partial charge in [-0.05, 0) is 36.8 Å². The second-order valence-corrected chi connectivity index (χ2v) is 8.00. The summed E-state index contributed by atoms with van der Waals surface area (Å²) in [5.41, 5.74) is 1.35. The van der Waals surface area contributed by atoms with Gasteiger partial charge in [0, 0.05) is 17.6 Å². The van der Waals surface area contributed by atoms with E-state index >= 15 is 0 Å². The molecule has 8 nitrogen and oxygen atoms in total. The van der Waals surface area contributed by atoms with Gasteiger partial charge in [-0.2, -0.15) is 0 Å². The largest absolute Gasteiger partial charge is 0.466 e. The summed E-state index contributed by atoms with van der Waals surface area (Å²) in [6.45, 7) is 0.0617. The molecule has 2 aromatic rings. The van der Waals surface area contributed by atoms with Crippen LogP contribution in [0.3, 0.4) is 0 Å². The summed E-state index contributed by atoms with van der Waals surface area (Å²) in [6.07, 6.45) is 0.151. The Morgan fingerprint density at radius 1 is 0.774 bits per heavy atom. The Labute approximate surface area is 185 Å². The van der Waals surface area contributed by atoms with Gasteiger partial charge >= 0.3 is 5.97 Å². The molecule has 0 atom stereocenters. The summed E-state index contributed by atoms with van der Waals surface area (Å²) in [5, 5.41) is 0. The molecule has 0 fully saturated rings. The first-order chi connectivity index (χ1) is 14.9. The summed E-state index contributed by atoms with van der Waals surface area (Å²) >= 11 is 3.28. The summed E-state index contributed by atoms with van der Waals surface area (Å²) in [7, 11) is 0. The zero-order chi connectivity index (χ0) is 22.1. The van der Waals surface area contributed by atoms with Crippen molar-refractivity contribution in [2.24, 2.45) is 0 Å². The predicted molar refractivity (Wildman–Crippen MR) is 112 cm³/mol. The van der Waals surface area contributed by atoms with Crippen LogP contribution in [0.2, 0.25) is 0 Å². The Bertz CT molecular complexity index is 1090. The SMILES string of the molecule is O=C(CCN1C(=O)c2ccccc2C1=O)OCCCN1C(=O)c2ccc(Br)cc2C1=O. The molecule has 2 aliphatic heterocycles. The van der Waals surface area contributed by atoms with Gasteiger partial charge in [0.1, 0.15) is 0 Å². The molecule has 0 saturated heterocycles. The highest BCUT2D eigenvalue weighted by molar-refractivity contribution is 9.10. The maximum Gasteiger partial charge on any atom is 0.307 e. The van der Waals surface area contributed by atoms with Gasteiger partial charge in [0.2, 0.25) is 0 Å². The van der Waals surface area contributed by atoms with Crippen LogP contribution < -0.4 is 0 Å². The summed E-state index contributed by atoms with van der Waals surface area (Å²) in [6, 6.07) is 11.4. The van der Waals surface area contributed by atoms with Crippen molar-refractivity contribution in [1.29, 1.82) is 0 Å². The van der Waals surface area contributed by atoms with Gasteiger partial charge in [0.05, 0.1) is 35.3 Å². The van der Waals surface area contributed by atoms with Crippen molar-refractivity contribution in [3.63, 3.8) is 0 Å². The van der Waals surface area contributed by atoms with Crippen molar-refractivity contribution in [2.45, 2.75) is 12.8 Å². The number of nitrogens with zero attached hydrogens (tertiary/aromatic N) is 2. The minimum absolute atomic E-state index is 0.0120. The van der Waals surface area contributed by atoms with E-state index in [2.05, 4.69) is 15.9 Å². The molecule has 2 aromatic carbocycles. The normalized spacial score (nSPS) is 14.9. The number of esters is 1. The van der Waals surface area contributed by atoms with E-state index in [1.54, 1.807) is 42.5 Å². The minimum atomic E-state index is -0.567. The third-order valence-electron chi connectivity index (χ3n) is 5.14. The molecule has 0 aromatic heterocycles. The van der Waals surface area contributed by atoms with E-state index < -0.39 is 17.8 Å². The van der Waals surface area contributed by atoms with E-state index in [1.165, 1.54) is 0 Å². The Hall–Kier alpha value is -3.33. The first-order valence-corrected chi connectivity index (χ1v) is 10.4. The molecule has 0 bridgehead atoms. The third kappa shape index (κ3) is 3.88. The number of imide groups is 2. The van der Waals surface area contributed by atoms with Gasteiger partial charge in [-0.25, -0.2) is 0 Å². The van der Waals surface area contributed by atoms with Crippen LogP contribution in [0, 0.1) is 0 Å². The number of benzene rings is 2. The number of halogens is 1. The smallest absolute Gasteiger partial charge is 0.307 e. The van der Waals surface area contributed by atoms with Crippen LogP contribution in [0.1, 0.15) is 54.3 Å². The Morgan fingerprint density at radius 2 is 1.32 bits per heavy atom. The van der Waals surface area contributed by atoms with Crippen LogP contribution in [-0.2, 0) is 9.53 Å². The van der Waals surface area contributed by atoms with Crippen LogP contribution >= 0.6 is 15.9 Å². The fourth-order valence-corrected chi connectivity index (χ4v) is 3.95. The molecule has 0 saturated carbocycles. The number of amides is 4. The summed E-state index contributed by atoms with van der Waals surface area (Å²) in [5.74, 6) is -2.16. The van der Waals surface area contributed by atoms with Gasteiger partial charge < -0.3 is 4.74 Å². The molecule has 0 unspecified atom stereocenters. The van der Waals surface area contributed by atoms with Gasteiger partial charge in [-0.15, -0.1) is 0 Å². The fourth-order valence-electron chi connectivity index (χ4n) is 3.59. The first-order valence-electron chi connectivity index (χ1n) is 9.65. The number of rotatable bonds is 7. The van der Waals surface area contributed by atoms with E-state index in [0.29, 0.717) is 26.7 Å². The molecule has 9 heteroatoms. The van der Waals surface area contributed by atoms with Gasteiger partial charge in [0.25, 0.3) is 23.6 Å². The Kier molecular flexibility index (Phi) is 5.69. The quantitative estimate of drug-likeness (QED) is 0.340. The number of carbonyl (C=O) groups is 5. The molecule has 4 amide bonds. The minimum Gasteiger partial charge on any atom is -0.466 e. The highest BCUT2D eigenvalue weighted by atomic mass is 79.9. The molecule has 0 spiro atoms. The molecule has 2 heterocycles. The third-order valence-corrected chi connectivity index (χ3v) is 5.63. The van der Waals surface area contributed by atoms with Crippen LogP contribution in [0.4, 0.5) is 0 Å². The topological polar surface area (TPSA) is 101 Å². The zero-order valence-corrected chi connectivity index (χ0v) is 17.9. The summed E-state index contributed by atoms with van der Waals surface area (Å²) in [4.78, 5) is 63.5. The highest BCUT2D eigenvalue weighted by Crippen LogP contribution is 2.26. The average molecular weight is 485 g/mol. The van der Waals surface area contributed by atoms with E-state index in [-0.39, 0.29) is 44.4 Å². The standard InChI is InChI=1S/C22H17BrN2O6/c23-13-6-7-16-17(12-13)22(30)24(21(16)29)9-3-11-31-18(26)8-10-25-19(27)14-4-1-2-5-15(14)20(25)28/h1-2,4-7,12H,3,8-11H2. The molecule has 4 rings (SSSR count). The van der Waals surface area contributed by atoms with Crippen LogP contribution in [0.5, 0.6) is 0 Å². The van der Waals surface area contributed by atoms with Crippen LogP contribution in [-0.4, -0.2) is 59.1 Å². The monoisotopic (exact) mass is 484 g/mol. The summed E-state index contributed by atoms with van der Waals surface area (Å²) < 4.78 is 5.84. The van der Waals surface area contributed by atoms with Crippen molar-refractivity contribution in [3.8, 4) is 0 Å². The van der Waals surface area contributed by atoms with Crippen molar-refractivity contribution in [1.82, 2.24) is 9.80 Å². The van der Waals surface area contributed by atoms with Gasteiger partial charge in [-0.3, -0.25) is 33.8 Å². The van der Waals surface area contributed by atoms with Crippen LogP contribution in [0.25, 0.3) is 0 Å². The first kappa shape index (κ1) is 20.9. The lowest BCUT2D eigenvalue weighted by atomic mass is 10.1. The molecule has 0 aliphatic carbocycles. The number of fused-ring (bicyclic) bond motifs is 2. The van der Waals surface area contributed by atoms with Crippen LogP contribution in [0.15, 0.2) is 46.9 Å². The number of ether oxygens (including phenoxy) is 1. The lowest BCUT2D eigenvalue weighted by molar-refractivity contribution is -0.143.